The lowest BCUT2D eigenvalue weighted by atomic mass is 10.1. The predicted octanol–water partition coefficient (Wildman–Crippen LogP) is 4.09. The van der Waals surface area contributed by atoms with Gasteiger partial charge in [-0.25, -0.2) is 19.7 Å². The third kappa shape index (κ3) is 3.30. The highest BCUT2D eigenvalue weighted by atomic mass is 32.1. The number of anilines is 3. The molecule has 4 N–H and O–H groups in total. The molecule has 134 valence electrons. The number of nitrogens with two attached hydrogens (primary N) is 1. The van der Waals surface area contributed by atoms with E-state index in [0.29, 0.717) is 11.5 Å². The van der Waals surface area contributed by atoms with Gasteiger partial charge in [-0.1, -0.05) is 6.07 Å². The molecule has 27 heavy (non-hydrogen) atoms. The Morgan fingerprint density at radius 1 is 1.22 bits per heavy atom. The standard InChI is InChI=1S/C19H15N5O2S/c1-10-13-8-16(23-12-4-2-3-11(7-12)18(25)26)22-9-15(13)27-17(10)14-5-6-21-19(20)24-14/h2-9H,1H3,(H,22,23)(H,25,26)(H2,20,21,24). The van der Waals surface area contributed by atoms with Gasteiger partial charge in [-0.3, -0.25) is 0 Å². The van der Waals surface area contributed by atoms with E-state index in [0.717, 1.165) is 26.2 Å². The normalized spacial score (nSPS) is 10.9. The zero-order valence-electron chi connectivity index (χ0n) is 14.3. The number of hydrogen-bond acceptors (Lipinski definition) is 7. The number of thiophene rings is 1. The van der Waals surface area contributed by atoms with Crippen molar-refractivity contribution in [2.24, 2.45) is 0 Å². The fraction of sp³-hybridized carbons (Fsp3) is 0.0526. The number of rotatable bonds is 4. The summed E-state index contributed by atoms with van der Waals surface area (Å²) >= 11 is 1.59. The quantitative estimate of drug-likeness (QED) is 0.491. The molecule has 0 fully saturated rings. The lowest BCUT2D eigenvalue weighted by Gasteiger charge is -2.06. The molecule has 0 amide bonds. The Kier molecular flexibility index (Phi) is 4.17. The van der Waals surface area contributed by atoms with Gasteiger partial charge >= 0.3 is 5.97 Å². The van der Waals surface area contributed by atoms with E-state index >= 15 is 0 Å². The smallest absolute Gasteiger partial charge is 0.335 e. The summed E-state index contributed by atoms with van der Waals surface area (Å²) in [4.78, 5) is 24.8. The number of aromatic carboxylic acids is 1. The Hall–Kier alpha value is -3.52. The van der Waals surface area contributed by atoms with E-state index in [2.05, 4.69) is 20.3 Å². The van der Waals surface area contributed by atoms with Crippen LogP contribution in [0.3, 0.4) is 0 Å². The minimum Gasteiger partial charge on any atom is -0.478 e. The van der Waals surface area contributed by atoms with E-state index in [1.54, 1.807) is 48.0 Å². The van der Waals surface area contributed by atoms with Crippen LogP contribution in [0.5, 0.6) is 0 Å². The number of carboxylic acid groups (broad SMARTS) is 1. The first kappa shape index (κ1) is 16.9. The monoisotopic (exact) mass is 377 g/mol. The Balaban J connectivity index is 1.71. The van der Waals surface area contributed by atoms with E-state index in [-0.39, 0.29) is 11.5 Å². The molecule has 3 aromatic heterocycles. The number of aryl methyl sites for hydroxylation is 1. The average molecular weight is 377 g/mol. The number of nitrogen functional groups attached to an aromatic ring is 1. The van der Waals surface area contributed by atoms with Crippen molar-refractivity contribution in [1.29, 1.82) is 0 Å². The summed E-state index contributed by atoms with van der Waals surface area (Å²) < 4.78 is 1.03. The molecule has 1 aromatic carbocycles. The van der Waals surface area contributed by atoms with Gasteiger partial charge in [-0.2, -0.15) is 0 Å². The SMILES string of the molecule is Cc1c(-c2ccnc(N)n2)sc2cnc(Nc3cccc(C(=O)O)c3)cc12. The van der Waals surface area contributed by atoms with Crippen molar-refractivity contribution in [3.63, 3.8) is 0 Å². The van der Waals surface area contributed by atoms with Crippen molar-refractivity contribution in [2.45, 2.75) is 6.92 Å². The summed E-state index contributed by atoms with van der Waals surface area (Å²) in [5.41, 5.74) is 8.45. The van der Waals surface area contributed by atoms with Crippen molar-refractivity contribution in [3.8, 4) is 10.6 Å². The number of benzene rings is 1. The van der Waals surface area contributed by atoms with E-state index in [1.807, 2.05) is 19.1 Å². The minimum atomic E-state index is -0.968. The van der Waals surface area contributed by atoms with E-state index in [9.17, 15) is 4.79 Å². The summed E-state index contributed by atoms with van der Waals surface area (Å²) in [7, 11) is 0. The summed E-state index contributed by atoms with van der Waals surface area (Å²) in [6.07, 6.45) is 3.44. The Morgan fingerprint density at radius 2 is 2.07 bits per heavy atom. The summed E-state index contributed by atoms with van der Waals surface area (Å²) in [6.45, 7) is 2.03. The molecule has 4 aromatic rings. The molecule has 0 bridgehead atoms. The molecular weight excluding hydrogens is 362 g/mol. The zero-order chi connectivity index (χ0) is 19.0. The predicted molar refractivity (Wildman–Crippen MR) is 106 cm³/mol. The molecule has 0 radical (unpaired) electrons. The van der Waals surface area contributed by atoms with Crippen LogP contribution in [0.25, 0.3) is 20.7 Å². The Morgan fingerprint density at radius 3 is 2.85 bits per heavy atom. The molecule has 0 saturated heterocycles. The topological polar surface area (TPSA) is 114 Å². The highest BCUT2D eigenvalue weighted by molar-refractivity contribution is 7.22. The van der Waals surface area contributed by atoms with Crippen molar-refractivity contribution in [1.82, 2.24) is 15.0 Å². The number of hydrogen-bond donors (Lipinski definition) is 3. The summed E-state index contributed by atoms with van der Waals surface area (Å²) in [5, 5.41) is 13.3. The van der Waals surface area contributed by atoms with Crippen LogP contribution in [-0.2, 0) is 0 Å². The first-order valence-corrected chi connectivity index (χ1v) is 8.91. The number of carbonyl (C=O) groups is 1. The third-order valence-electron chi connectivity index (χ3n) is 4.11. The lowest BCUT2D eigenvalue weighted by Crippen LogP contribution is -1.98. The average Bonchev–Trinajstić information content (AvgIpc) is 2.98. The first-order chi connectivity index (χ1) is 13.0. The second kappa shape index (κ2) is 6.65. The molecule has 0 aliphatic rings. The van der Waals surface area contributed by atoms with Crippen LogP contribution >= 0.6 is 11.3 Å². The molecule has 4 rings (SSSR count). The molecule has 0 saturated carbocycles. The van der Waals surface area contributed by atoms with Crippen LogP contribution < -0.4 is 11.1 Å². The lowest BCUT2D eigenvalue weighted by molar-refractivity contribution is 0.0697. The molecule has 7 nitrogen and oxygen atoms in total. The number of pyridine rings is 1. The Bertz CT molecular complexity index is 1170. The van der Waals surface area contributed by atoms with Crippen LogP contribution in [0, 0.1) is 6.92 Å². The number of nitrogens with one attached hydrogen (secondary N) is 1. The maximum absolute atomic E-state index is 11.1. The van der Waals surface area contributed by atoms with Crippen LogP contribution in [-0.4, -0.2) is 26.0 Å². The Labute approximate surface area is 158 Å². The van der Waals surface area contributed by atoms with Gasteiger partial charge in [-0.05, 0) is 42.8 Å². The number of fused-ring (bicyclic) bond motifs is 1. The maximum Gasteiger partial charge on any atom is 0.335 e. The van der Waals surface area contributed by atoms with Gasteiger partial charge in [0, 0.05) is 23.5 Å². The molecule has 0 atom stereocenters. The number of carboxylic acids is 1. The van der Waals surface area contributed by atoms with Gasteiger partial charge in [0.2, 0.25) is 5.95 Å². The largest absolute Gasteiger partial charge is 0.478 e. The second-order valence-corrected chi connectivity index (χ2v) is 6.99. The highest BCUT2D eigenvalue weighted by Gasteiger charge is 2.13. The number of nitrogens with zero attached hydrogens (tertiary/aromatic N) is 3. The first-order valence-electron chi connectivity index (χ1n) is 8.09. The van der Waals surface area contributed by atoms with Gasteiger partial charge in [0.05, 0.1) is 20.8 Å². The van der Waals surface area contributed by atoms with Crippen LogP contribution in [0.15, 0.2) is 48.8 Å². The van der Waals surface area contributed by atoms with Gasteiger partial charge in [0.15, 0.2) is 0 Å². The maximum atomic E-state index is 11.1. The molecule has 0 unspecified atom stereocenters. The zero-order valence-corrected chi connectivity index (χ0v) is 15.1. The van der Waals surface area contributed by atoms with Crippen LogP contribution in [0.1, 0.15) is 15.9 Å². The van der Waals surface area contributed by atoms with Gasteiger partial charge in [0.1, 0.15) is 5.82 Å². The van der Waals surface area contributed by atoms with Gasteiger partial charge in [-0.15, -0.1) is 11.3 Å². The van der Waals surface area contributed by atoms with Crippen molar-refractivity contribution >= 4 is 44.8 Å². The van der Waals surface area contributed by atoms with Crippen LogP contribution in [0.4, 0.5) is 17.5 Å². The minimum absolute atomic E-state index is 0.219. The van der Waals surface area contributed by atoms with Gasteiger partial charge < -0.3 is 16.2 Å². The van der Waals surface area contributed by atoms with E-state index in [4.69, 9.17) is 10.8 Å². The van der Waals surface area contributed by atoms with Crippen molar-refractivity contribution in [2.75, 3.05) is 11.1 Å². The van der Waals surface area contributed by atoms with Crippen LogP contribution in [0.2, 0.25) is 0 Å². The highest BCUT2D eigenvalue weighted by Crippen LogP contribution is 2.38. The molecule has 8 heteroatoms. The molecule has 3 heterocycles. The number of aromatic nitrogens is 3. The fourth-order valence-electron chi connectivity index (χ4n) is 2.82. The molecular formula is C19H15N5O2S. The van der Waals surface area contributed by atoms with Gasteiger partial charge in [0.25, 0.3) is 0 Å². The second-order valence-electron chi connectivity index (χ2n) is 5.93. The van der Waals surface area contributed by atoms with Crippen molar-refractivity contribution < 1.29 is 9.90 Å². The molecule has 0 aliphatic heterocycles. The van der Waals surface area contributed by atoms with E-state index in [1.165, 1.54) is 0 Å². The molecule has 0 aliphatic carbocycles. The van der Waals surface area contributed by atoms with E-state index < -0.39 is 5.97 Å². The fourth-order valence-corrected chi connectivity index (χ4v) is 3.95. The third-order valence-corrected chi connectivity index (χ3v) is 5.38. The summed E-state index contributed by atoms with van der Waals surface area (Å²) in [6, 6.07) is 10.4. The van der Waals surface area contributed by atoms with Crippen molar-refractivity contribution in [3.05, 3.63) is 59.9 Å². The summed E-state index contributed by atoms with van der Waals surface area (Å²) in [5.74, 6) is -0.0904. The molecule has 0 spiro atoms.